The molecule has 19 heavy (non-hydrogen) atoms. The molecule has 0 unspecified atom stereocenters. The van der Waals surface area contributed by atoms with E-state index >= 15 is 0 Å². The Kier molecular flexibility index (Phi) is 4.38. The first-order valence-corrected chi connectivity index (χ1v) is 5.22. The van der Waals surface area contributed by atoms with Crippen molar-refractivity contribution in [1.29, 1.82) is 5.26 Å². The average molecular weight is 273 g/mol. The number of rotatable bonds is 3. The zero-order valence-electron chi connectivity index (χ0n) is 10.2. The summed E-state index contributed by atoms with van der Waals surface area (Å²) >= 11 is 0. The van der Waals surface area contributed by atoms with Gasteiger partial charge in [-0.1, -0.05) is 0 Å². The molecule has 102 valence electrons. The van der Waals surface area contributed by atoms with Crippen molar-refractivity contribution in [3.63, 3.8) is 0 Å². The van der Waals surface area contributed by atoms with Crippen LogP contribution < -0.4 is 4.74 Å². The number of benzene rings is 1. The molecule has 0 fully saturated rings. The maximum absolute atomic E-state index is 12.8. The van der Waals surface area contributed by atoms with E-state index in [4.69, 9.17) is 10.00 Å². The van der Waals surface area contributed by atoms with E-state index < -0.39 is 28.8 Å². The molecule has 0 atom stereocenters. The van der Waals surface area contributed by atoms with Crippen LogP contribution in [0.2, 0.25) is 0 Å². The van der Waals surface area contributed by atoms with Crippen LogP contribution in [0.3, 0.4) is 0 Å². The van der Waals surface area contributed by atoms with Crippen molar-refractivity contribution >= 4 is 5.97 Å². The molecule has 0 saturated heterocycles. The third-order valence-corrected chi connectivity index (χ3v) is 2.28. The van der Waals surface area contributed by atoms with E-state index in [0.29, 0.717) is 6.07 Å². The van der Waals surface area contributed by atoms with Gasteiger partial charge in [0.25, 0.3) is 0 Å². The standard InChI is InChI=1S/C12H10F3NO3/c1-3-19-11(17)10-7(6-16)8(12(13,14)15)4-5-9(10)18-2/h4-5H,3H2,1-2H3. The minimum absolute atomic E-state index is 0.0247. The number of methoxy groups -OCH3 is 1. The number of nitriles is 1. The molecule has 7 heteroatoms. The molecule has 0 aromatic heterocycles. The maximum atomic E-state index is 12.8. The Morgan fingerprint density at radius 2 is 2.05 bits per heavy atom. The topological polar surface area (TPSA) is 59.3 Å². The van der Waals surface area contributed by atoms with Crippen LogP contribution >= 0.6 is 0 Å². The molecule has 1 aromatic rings. The third kappa shape index (κ3) is 2.96. The lowest BCUT2D eigenvalue weighted by Gasteiger charge is -2.14. The lowest BCUT2D eigenvalue weighted by Crippen LogP contribution is -2.15. The van der Waals surface area contributed by atoms with Crippen molar-refractivity contribution in [2.45, 2.75) is 13.1 Å². The van der Waals surface area contributed by atoms with E-state index in [1.165, 1.54) is 20.1 Å². The third-order valence-electron chi connectivity index (χ3n) is 2.28. The van der Waals surface area contributed by atoms with Gasteiger partial charge in [-0.3, -0.25) is 0 Å². The van der Waals surface area contributed by atoms with Gasteiger partial charge in [0.05, 0.1) is 24.8 Å². The van der Waals surface area contributed by atoms with Gasteiger partial charge in [-0.25, -0.2) is 4.79 Å². The van der Waals surface area contributed by atoms with Crippen molar-refractivity contribution in [3.8, 4) is 11.8 Å². The second-order valence-electron chi connectivity index (χ2n) is 3.40. The molecule has 0 bridgehead atoms. The van der Waals surface area contributed by atoms with Gasteiger partial charge in [-0.15, -0.1) is 0 Å². The summed E-state index contributed by atoms with van der Waals surface area (Å²) in [7, 11) is 1.19. The molecule has 0 radical (unpaired) electrons. The van der Waals surface area contributed by atoms with Crippen molar-refractivity contribution in [1.82, 2.24) is 0 Å². The molecule has 1 aromatic carbocycles. The van der Waals surface area contributed by atoms with Crippen LogP contribution in [0, 0.1) is 11.3 Å². The average Bonchev–Trinajstić information content (AvgIpc) is 2.35. The second kappa shape index (κ2) is 5.61. The largest absolute Gasteiger partial charge is 0.496 e. The zero-order valence-corrected chi connectivity index (χ0v) is 10.2. The first kappa shape index (κ1) is 14.8. The van der Waals surface area contributed by atoms with E-state index in [0.717, 1.165) is 6.07 Å². The highest BCUT2D eigenvalue weighted by molar-refractivity contribution is 5.96. The quantitative estimate of drug-likeness (QED) is 0.794. The van der Waals surface area contributed by atoms with Gasteiger partial charge >= 0.3 is 12.1 Å². The summed E-state index contributed by atoms with van der Waals surface area (Å²) in [5.74, 6) is -1.16. The lowest BCUT2D eigenvalue weighted by molar-refractivity contribution is -0.137. The van der Waals surface area contributed by atoms with Crippen molar-refractivity contribution in [2.75, 3.05) is 13.7 Å². The van der Waals surface area contributed by atoms with Gasteiger partial charge in [0, 0.05) is 0 Å². The predicted octanol–water partition coefficient (Wildman–Crippen LogP) is 2.76. The van der Waals surface area contributed by atoms with E-state index in [2.05, 4.69) is 4.74 Å². The molecule has 1 rings (SSSR count). The monoisotopic (exact) mass is 273 g/mol. The van der Waals surface area contributed by atoms with Crippen molar-refractivity contribution < 1.29 is 27.4 Å². The predicted molar refractivity (Wildman–Crippen MR) is 58.7 cm³/mol. The Hall–Kier alpha value is -2.23. The minimum atomic E-state index is -4.74. The molecule has 0 amide bonds. The summed E-state index contributed by atoms with van der Waals surface area (Å²) in [5, 5.41) is 8.89. The Bertz CT molecular complexity index is 532. The van der Waals surface area contributed by atoms with E-state index in [1.54, 1.807) is 0 Å². The highest BCUT2D eigenvalue weighted by Crippen LogP contribution is 2.36. The molecule has 0 saturated carbocycles. The van der Waals surface area contributed by atoms with Gasteiger partial charge < -0.3 is 9.47 Å². The molecule has 0 spiro atoms. The van der Waals surface area contributed by atoms with Crippen LogP contribution in [0.25, 0.3) is 0 Å². The summed E-state index contributed by atoms with van der Waals surface area (Å²) in [5.41, 5.74) is -2.51. The lowest BCUT2D eigenvalue weighted by atomic mass is 10.0. The number of alkyl halides is 3. The molecule has 0 aliphatic rings. The van der Waals surface area contributed by atoms with Crippen LogP contribution in [-0.4, -0.2) is 19.7 Å². The van der Waals surface area contributed by atoms with Crippen LogP contribution in [0.5, 0.6) is 5.75 Å². The molecule has 0 heterocycles. The van der Waals surface area contributed by atoms with Gasteiger partial charge in [-0.05, 0) is 19.1 Å². The molecule has 0 aliphatic heterocycles. The fraction of sp³-hybridized carbons (Fsp3) is 0.333. The number of esters is 1. The Balaban J connectivity index is 3.57. The number of hydrogen-bond donors (Lipinski definition) is 0. The van der Waals surface area contributed by atoms with Gasteiger partial charge in [0.2, 0.25) is 0 Å². The number of nitrogens with zero attached hydrogens (tertiary/aromatic N) is 1. The highest BCUT2D eigenvalue weighted by Gasteiger charge is 2.37. The summed E-state index contributed by atoms with van der Waals surface area (Å²) < 4.78 is 47.7. The number of hydrogen-bond acceptors (Lipinski definition) is 4. The fourth-order valence-electron chi connectivity index (χ4n) is 1.51. The van der Waals surface area contributed by atoms with Gasteiger partial charge in [0.15, 0.2) is 0 Å². The molecule has 0 aliphatic carbocycles. The molecular weight excluding hydrogens is 263 g/mol. The zero-order chi connectivity index (χ0) is 14.6. The summed E-state index contributed by atoms with van der Waals surface area (Å²) in [6.07, 6.45) is -4.74. The Morgan fingerprint density at radius 3 is 2.47 bits per heavy atom. The summed E-state index contributed by atoms with van der Waals surface area (Å²) in [4.78, 5) is 11.7. The molecule has 4 nitrogen and oxygen atoms in total. The normalized spacial score (nSPS) is 10.7. The Labute approximate surface area is 107 Å². The number of carbonyl (C=O) groups is 1. The SMILES string of the molecule is CCOC(=O)c1c(OC)ccc(C(F)(F)F)c1C#N. The number of halogens is 3. The fourth-order valence-corrected chi connectivity index (χ4v) is 1.51. The smallest absolute Gasteiger partial charge is 0.417 e. The maximum Gasteiger partial charge on any atom is 0.417 e. The first-order valence-electron chi connectivity index (χ1n) is 5.22. The highest BCUT2D eigenvalue weighted by atomic mass is 19.4. The Morgan fingerprint density at radius 1 is 1.42 bits per heavy atom. The molecule has 0 N–H and O–H groups in total. The molecular formula is C12H10F3NO3. The van der Waals surface area contributed by atoms with Crippen LogP contribution in [0.15, 0.2) is 12.1 Å². The van der Waals surface area contributed by atoms with Gasteiger partial charge in [0.1, 0.15) is 17.4 Å². The van der Waals surface area contributed by atoms with Crippen molar-refractivity contribution in [3.05, 3.63) is 28.8 Å². The first-order chi connectivity index (χ1) is 8.86. The summed E-state index contributed by atoms with van der Waals surface area (Å²) in [6.45, 7) is 1.48. The van der Waals surface area contributed by atoms with E-state index in [1.807, 2.05) is 0 Å². The second-order valence-corrected chi connectivity index (χ2v) is 3.40. The number of carbonyl (C=O) groups excluding carboxylic acids is 1. The number of ether oxygens (including phenoxy) is 2. The summed E-state index contributed by atoms with van der Waals surface area (Å²) in [6, 6.07) is 3.06. The van der Waals surface area contributed by atoms with E-state index in [9.17, 15) is 18.0 Å². The van der Waals surface area contributed by atoms with Crippen LogP contribution in [0.1, 0.15) is 28.4 Å². The van der Waals surface area contributed by atoms with Gasteiger partial charge in [-0.2, -0.15) is 18.4 Å². The van der Waals surface area contributed by atoms with E-state index in [-0.39, 0.29) is 12.4 Å². The van der Waals surface area contributed by atoms with Crippen LogP contribution in [-0.2, 0) is 10.9 Å². The minimum Gasteiger partial charge on any atom is -0.496 e. The van der Waals surface area contributed by atoms with Crippen LogP contribution in [0.4, 0.5) is 13.2 Å². The van der Waals surface area contributed by atoms with Crippen molar-refractivity contribution in [2.24, 2.45) is 0 Å².